The Hall–Kier alpha value is -1.15. The zero-order valence-corrected chi connectivity index (χ0v) is 25.4. The molecule has 0 amide bonds. The van der Waals surface area contributed by atoms with Gasteiger partial charge in [0.15, 0.2) is 0 Å². The van der Waals surface area contributed by atoms with Crippen molar-refractivity contribution in [3.63, 3.8) is 0 Å². The molecule has 1 saturated heterocycles. The highest BCUT2D eigenvalue weighted by Gasteiger charge is 2.41. The number of unbranched alkanes of at least 4 members (excludes halogenated alkanes) is 2. The van der Waals surface area contributed by atoms with Crippen LogP contribution in [-0.2, 0) is 15.9 Å². The number of halogens is 2. The Bertz CT molecular complexity index is 1010. The maximum absolute atomic E-state index is 12.5. The van der Waals surface area contributed by atoms with E-state index < -0.39 is 6.10 Å². The molecule has 1 N–H and O–H groups in total. The number of hydrogen-bond acceptors (Lipinski definition) is 6. The lowest BCUT2D eigenvalue weighted by atomic mass is 9.84. The number of benzene rings is 1. The molecule has 0 bridgehead atoms. The zero-order chi connectivity index (χ0) is 27.6. The highest BCUT2D eigenvalue weighted by atomic mass is 35.5. The van der Waals surface area contributed by atoms with Crippen molar-refractivity contribution in [1.29, 1.82) is 0 Å². The number of esters is 1. The lowest BCUT2D eigenvalue weighted by Crippen LogP contribution is -2.38. The third kappa shape index (κ3) is 8.92. The van der Waals surface area contributed by atoms with Gasteiger partial charge in [-0.25, -0.2) is 4.79 Å². The van der Waals surface area contributed by atoms with Gasteiger partial charge in [0.05, 0.1) is 19.3 Å². The molecule has 4 unspecified atom stereocenters. The molecule has 2 fully saturated rings. The molecule has 4 rings (SSSR count). The van der Waals surface area contributed by atoms with Crippen molar-refractivity contribution in [2.45, 2.75) is 81.1 Å². The van der Waals surface area contributed by atoms with E-state index in [0.29, 0.717) is 17.4 Å². The minimum absolute atomic E-state index is 0.0124. The number of aliphatic hydroxyl groups excluding tert-OH is 1. The molecule has 0 radical (unpaired) electrons. The Morgan fingerprint density at radius 1 is 1.10 bits per heavy atom. The van der Waals surface area contributed by atoms with Crippen LogP contribution in [0.3, 0.4) is 0 Å². The summed E-state index contributed by atoms with van der Waals surface area (Å²) in [6.45, 7) is 6.61. The van der Waals surface area contributed by atoms with Gasteiger partial charge in [-0.05, 0) is 61.3 Å². The van der Waals surface area contributed by atoms with Gasteiger partial charge in [0.2, 0.25) is 0 Å². The summed E-state index contributed by atoms with van der Waals surface area (Å²) in [5.74, 6) is 0.278. The molecule has 1 saturated carbocycles. The lowest BCUT2D eigenvalue weighted by molar-refractivity contribution is 0.0197. The van der Waals surface area contributed by atoms with Gasteiger partial charge in [-0.3, -0.25) is 4.90 Å². The van der Waals surface area contributed by atoms with Crippen LogP contribution in [0.2, 0.25) is 0 Å². The first-order valence-corrected chi connectivity index (χ1v) is 16.3. The smallest absolute Gasteiger partial charge is 0.348 e. The van der Waals surface area contributed by atoms with Crippen LogP contribution in [0.5, 0.6) is 0 Å². The standard InChI is InChI=1S/C31H43Cl2NO4S/c1-2-3-4-8-28(35)22-9-11-23(12-10-22)30-25(26(32)21-27(30)33)7-5-6-24-13-14-29(39-24)31(36)38-20-17-34-15-18-37-19-16-34/h9-14,25-28,30,35H,2-8,15-21H2,1H3/t25?,26?,27?,28?,30-/m1/s1. The van der Waals surface area contributed by atoms with E-state index in [4.69, 9.17) is 32.7 Å². The fraction of sp³-hybridized carbons (Fsp3) is 0.645. The normalized spacial score (nSPS) is 24.6. The molecule has 5 nitrogen and oxygen atoms in total. The second kappa shape index (κ2) is 15.7. The van der Waals surface area contributed by atoms with Gasteiger partial charge in [0, 0.05) is 41.2 Å². The summed E-state index contributed by atoms with van der Waals surface area (Å²) in [5.41, 5.74) is 2.19. The predicted octanol–water partition coefficient (Wildman–Crippen LogP) is 7.19. The Labute approximate surface area is 247 Å². The van der Waals surface area contributed by atoms with Crippen LogP contribution in [0.25, 0.3) is 0 Å². The van der Waals surface area contributed by atoms with Crippen molar-refractivity contribution in [1.82, 2.24) is 4.90 Å². The summed E-state index contributed by atoms with van der Waals surface area (Å²) in [4.78, 5) is 16.6. The highest BCUT2D eigenvalue weighted by Crippen LogP contribution is 2.47. The van der Waals surface area contributed by atoms with E-state index in [1.165, 1.54) is 21.8 Å². The summed E-state index contributed by atoms with van der Waals surface area (Å²) in [6, 6.07) is 12.3. The van der Waals surface area contributed by atoms with Gasteiger partial charge >= 0.3 is 5.97 Å². The molecule has 39 heavy (non-hydrogen) atoms. The average molecular weight is 597 g/mol. The minimum atomic E-state index is -0.407. The van der Waals surface area contributed by atoms with Crippen LogP contribution in [0.4, 0.5) is 0 Å². The number of ether oxygens (including phenoxy) is 2. The molecule has 2 aliphatic rings. The number of rotatable bonds is 14. The molecular weight excluding hydrogens is 553 g/mol. The van der Waals surface area contributed by atoms with Crippen LogP contribution in [-0.4, -0.2) is 66.2 Å². The lowest BCUT2D eigenvalue weighted by Gasteiger charge is -2.26. The Balaban J connectivity index is 1.25. The largest absolute Gasteiger partial charge is 0.460 e. The summed E-state index contributed by atoms with van der Waals surface area (Å²) < 4.78 is 10.9. The number of carbonyl (C=O) groups is 1. The van der Waals surface area contributed by atoms with E-state index in [2.05, 4.69) is 36.1 Å². The second-order valence-corrected chi connectivity index (χ2v) is 13.2. The van der Waals surface area contributed by atoms with E-state index in [9.17, 15) is 9.90 Å². The molecule has 1 aliphatic carbocycles. The van der Waals surface area contributed by atoms with Crippen LogP contribution in [0.15, 0.2) is 36.4 Å². The van der Waals surface area contributed by atoms with Crippen molar-refractivity contribution in [3.05, 3.63) is 57.3 Å². The van der Waals surface area contributed by atoms with Crippen LogP contribution < -0.4 is 0 Å². The number of hydrogen-bond donors (Lipinski definition) is 1. The SMILES string of the molecule is CCCCCC(O)c1ccc([C@H]2C(Cl)CC(Cl)C2CCCc2ccc(C(=O)OCCN3CCOCC3)s2)cc1. The molecule has 8 heteroatoms. The van der Waals surface area contributed by atoms with Crippen molar-refractivity contribution in [2.24, 2.45) is 5.92 Å². The summed E-state index contributed by atoms with van der Waals surface area (Å²) >= 11 is 15.2. The van der Waals surface area contributed by atoms with Gasteiger partial charge in [-0.1, -0.05) is 50.5 Å². The van der Waals surface area contributed by atoms with Gasteiger partial charge in [-0.15, -0.1) is 34.5 Å². The van der Waals surface area contributed by atoms with Crippen molar-refractivity contribution in [2.75, 3.05) is 39.5 Å². The van der Waals surface area contributed by atoms with E-state index in [1.54, 1.807) is 0 Å². The van der Waals surface area contributed by atoms with Gasteiger partial charge in [0.25, 0.3) is 0 Å². The zero-order valence-electron chi connectivity index (χ0n) is 23.0. The van der Waals surface area contributed by atoms with Crippen LogP contribution >= 0.6 is 34.5 Å². The first-order chi connectivity index (χ1) is 19.0. The maximum Gasteiger partial charge on any atom is 0.348 e. The summed E-state index contributed by atoms with van der Waals surface area (Å²) in [5, 5.41) is 10.6. The summed E-state index contributed by atoms with van der Waals surface area (Å²) in [7, 11) is 0. The van der Waals surface area contributed by atoms with E-state index >= 15 is 0 Å². The van der Waals surface area contributed by atoms with E-state index in [1.807, 2.05) is 12.1 Å². The molecule has 216 valence electrons. The Morgan fingerprint density at radius 3 is 2.62 bits per heavy atom. The van der Waals surface area contributed by atoms with Crippen LogP contribution in [0, 0.1) is 5.92 Å². The highest BCUT2D eigenvalue weighted by molar-refractivity contribution is 7.13. The fourth-order valence-electron chi connectivity index (χ4n) is 5.84. The molecule has 0 spiro atoms. The van der Waals surface area contributed by atoms with E-state index in [-0.39, 0.29) is 22.6 Å². The van der Waals surface area contributed by atoms with Gasteiger partial charge in [-0.2, -0.15) is 0 Å². The summed E-state index contributed by atoms with van der Waals surface area (Å²) in [6.07, 6.45) is 7.44. The van der Waals surface area contributed by atoms with Crippen molar-refractivity contribution < 1.29 is 19.4 Å². The predicted molar refractivity (Wildman–Crippen MR) is 160 cm³/mol. The number of aliphatic hydroxyl groups is 1. The monoisotopic (exact) mass is 595 g/mol. The number of thiophene rings is 1. The number of aryl methyl sites for hydroxylation is 1. The number of nitrogens with zero attached hydrogens (tertiary/aromatic N) is 1. The van der Waals surface area contributed by atoms with Crippen LogP contribution in [0.1, 0.15) is 89.6 Å². The quantitative estimate of drug-likeness (QED) is 0.142. The number of carbonyl (C=O) groups excluding carboxylic acids is 1. The Kier molecular flexibility index (Phi) is 12.4. The topological polar surface area (TPSA) is 59.0 Å². The third-order valence-corrected chi connectivity index (χ3v) is 10.2. The molecular formula is C31H43Cl2NO4S. The molecule has 2 aromatic rings. The van der Waals surface area contributed by atoms with Crippen molar-refractivity contribution >= 4 is 40.5 Å². The van der Waals surface area contributed by atoms with Crippen molar-refractivity contribution in [3.8, 4) is 0 Å². The maximum atomic E-state index is 12.5. The first-order valence-electron chi connectivity index (χ1n) is 14.6. The van der Waals surface area contributed by atoms with Gasteiger partial charge < -0.3 is 14.6 Å². The minimum Gasteiger partial charge on any atom is -0.460 e. The number of alkyl halides is 2. The molecule has 1 aromatic heterocycles. The number of morpholine rings is 1. The second-order valence-electron chi connectivity index (χ2n) is 10.9. The molecule has 1 aromatic carbocycles. The van der Waals surface area contributed by atoms with E-state index in [0.717, 1.165) is 89.8 Å². The fourth-order valence-corrected chi connectivity index (χ4v) is 7.87. The molecule has 2 heterocycles. The Morgan fingerprint density at radius 2 is 1.87 bits per heavy atom. The molecule has 5 atom stereocenters. The third-order valence-electron chi connectivity index (χ3n) is 8.12. The average Bonchev–Trinajstić information content (AvgIpc) is 3.53. The first kappa shape index (κ1) is 30.8. The van der Waals surface area contributed by atoms with Gasteiger partial charge in [0.1, 0.15) is 11.5 Å². The molecule has 1 aliphatic heterocycles.